The SMILES string of the molecule is CCC(C)NC(=O)c1cc2ccc(OC(=O)/C=C/c3ccc(Cl)cc3Cl)cc2oc1=O. The van der Waals surface area contributed by atoms with Gasteiger partial charge in [-0.05, 0) is 55.3 Å². The van der Waals surface area contributed by atoms with Crippen molar-refractivity contribution in [3.8, 4) is 5.75 Å². The van der Waals surface area contributed by atoms with Crippen molar-refractivity contribution in [1.82, 2.24) is 5.32 Å². The Morgan fingerprint density at radius 3 is 2.65 bits per heavy atom. The molecule has 2 aromatic carbocycles. The lowest BCUT2D eigenvalue weighted by atomic mass is 10.1. The number of rotatable bonds is 6. The largest absolute Gasteiger partial charge is 0.423 e. The first-order valence-corrected chi connectivity index (χ1v) is 10.3. The molecule has 1 atom stereocenters. The fraction of sp³-hybridized carbons (Fsp3) is 0.174. The van der Waals surface area contributed by atoms with Gasteiger partial charge < -0.3 is 14.5 Å². The third-order valence-electron chi connectivity index (χ3n) is 4.52. The second-order valence-electron chi connectivity index (χ2n) is 6.85. The van der Waals surface area contributed by atoms with Crippen LogP contribution >= 0.6 is 23.2 Å². The van der Waals surface area contributed by atoms with Crippen molar-refractivity contribution in [3.05, 3.63) is 80.1 Å². The molecule has 160 valence electrons. The van der Waals surface area contributed by atoms with Crippen LogP contribution in [0.25, 0.3) is 17.0 Å². The van der Waals surface area contributed by atoms with E-state index in [1.165, 1.54) is 24.3 Å². The lowest BCUT2D eigenvalue weighted by Crippen LogP contribution is -2.34. The van der Waals surface area contributed by atoms with E-state index in [0.717, 1.165) is 6.42 Å². The number of ether oxygens (including phenoxy) is 1. The van der Waals surface area contributed by atoms with Crippen LogP contribution in [0, 0.1) is 0 Å². The van der Waals surface area contributed by atoms with E-state index in [-0.39, 0.29) is 22.9 Å². The first kappa shape index (κ1) is 22.6. The van der Waals surface area contributed by atoms with E-state index < -0.39 is 17.5 Å². The molecule has 3 aromatic rings. The Balaban J connectivity index is 1.77. The quantitative estimate of drug-likeness (QED) is 0.235. The van der Waals surface area contributed by atoms with Gasteiger partial charge in [0.05, 0.1) is 0 Å². The van der Waals surface area contributed by atoms with E-state index >= 15 is 0 Å². The molecule has 1 unspecified atom stereocenters. The molecular formula is C23H19Cl2NO5. The number of halogens is 2. The van der Waals surface area contributed by atoms with Crippen LogP contribution in [-0.2, 0) is 4.79 Å². The van der Waals surface area contributed by atoms with Crippen molar-refractivity contribution in [2.45, 2.75) is 26.3 Å². The second-order valence-corrected chi connectivity index (χ2v) is 7.69. The molecule has 1 amide bonds. The molecule has 31 heavy (non-hydrogen) atoms. The number of amides is 1. The molecule has 0 aliphatic heterocycles. The van der Waals surface area contributed by atoms with E-state index in [2.05, 4.69) is 5.32 Å². The first-order valence-electron chi connectivity index (χ1n) is 9.50. The molecule has 3 rings (SSSR count). The van der Waals surface area contributed by atoms with Crippen LogP contribution in [-0.4, -0.2) is 17.9 Å². The molecular weight excluding hydrogens is 441 g/mol. The molecule has 0 spiro atoms. The predicted octanol–water partition coefficient (Wildman–Crippen LogP) is 5.25. The summed E-state index contributed by atoms with van der Waals surface area (Å²) in [5.74, 6) is -0.951. The van der Waals surface area contributed by atoms with Gasteiger partial charge in [0, 0.05) is 33.6 Å². The standard InChI is InChI=1S/C23H19Cl2NO5/c1-3-13(2)26-22(28)18-10-15-5-8-17(12-20(15)31-23(18)29)30-21(27)9-6-14-4-7-16(24)11-19(14)25/h4-13H,3H2,1-2H3,(H,26,28)/b9-6+. The van der Waals surface area contributed by atoms with Gasteiger partial charge in [-0.15, -0.1) is 0 Å². The highest BCUT2D eigenvalue weighted by atomic mass is 35.5. The zero-order chi connectivity index (χ0) is 22.5. The zero-order valence-corrected chi connectivity index (χ0v) is 18.3. The lowest BCUT2D eigenvalue weighted by Gasteiger charge is -2.11. The minimum Gasteiger partial charge on any atom is -0.423 e. The van der Waals surface area contributed by atoms with Gasteiger partial charge in [0.15, 0.2) is 0 Å². The Bertz CT molecular complexity index is 1230. The summed E-state index contributed by atoms with van der Waals surface area (Å²) in [6, 6.07) is 10.8. The van der Waals surface area contributed by atoms with Gasteiger partial charge in [0.1, 0.15) is 16.9 Å². The van der Waals surface area contributed by atoms with Crippen molar-refractivity contribution in [2.75, 3.05) is 0 Å². The topological polar surface area (TPSA) is 85.6 Å². The third kappa shape index (κ3) is 5.75. The van der Waals surface area contributed by atoms with E-state index in [9.17, 15) is 14.4 Å². The average molecular weight is 460 g/mol. The number of esters is 1. The Morgan fingerprint density at radius 1 is 1.16 bits per heavy atom. The summed E-state index contributed by atoms with van der Waals surface area (Å²) < 4.78 is 10.5. The molecule has 0 saturated heterocycles. The van der Waals surface area contributed by atoms with Gasteiger partial charge >= 0.3 is 11.6 Å². The summed E-state index contributed by atoms with van der Waals surface area (Å²) in [5, 5.41) is 4.14. The molecule has 1 aromatic heterocycles. The molecule has 6 nitrogen and oxygen atoms in total. The molecule has 0 aliphatic carbocycles. The van der Waals surface area contributed by atoms with Crippen LogP contribution < -0.4 is 15.7 Å². The molecule has 0 bridgehead atoms. The maximum atomic E-state index is 12.3. The monoisotopic (exact) mass is 459 g/mol. The van der Waals surface area contributed by atoms with Crippen molar-refractivity contribution in [2.24, 2.45) is 0 Å². The van der Waals surface area contributed by atoms with Crippen LogP contribution in [0.5, 0.6) is 5.75 Å². The fourth-order valence-corrected chi connectivity index (χ4v) is 3.13. The van der Waals surface area contributed by atoms with Gasteiger partial charge in [-0.25, -0.2) is 9.59 Å². The number of nitrogens with one attached hydrogen (secondary N) is 1. The maximum Gasteiger partial charge on any atom is 0.349 e. The molecule has 0 aliphatic rings. The van der Waals surface area contributed by atoms with Crippen LogP contribution in [0.1, 0.15) is 36.2 Å². The molecule has 0 radical (unpaired) electrons. The first-order chi connectivity index (χ1) is 14.8. The van der Waals surface area contributed by atoms with Crippen molar-refractivity contribution in [1.29, 1.82) is 0 Å². The van der Waals surface area contributed by atoms with Gasteiger partial charge in [-0.1, -0.05) is 36.2 Å². The highest BCUT2D eigenvalue weighted by molar-refractivity contribution is 6.35. The number of hydrogen-bond donors (Lipinski definition) is 1. The minimum absolute atomic E-state index is 0.0693. The van der Waals surface area contributed by atoms with Gasteiger partial charge in [-0.3, -0.25) is 4.79 Å². The Labute approximate surface area is 188 Å². The van der Waals surface area contributed by atoms with E-state index in [4.69, 9.17) is 32.4 Å². The third-order valence-corrected chi connectivity index (χ3v) is 5.08. The van der Waals surface area contributed by atoms with E-state index in [0.29, 0.717) is 21.0 Å². The summed E-state index contributed by atoms with van der Waals surface area (Å²) in [7, 11) is 0. The normalized spacial score (nSPS) is 12.1. The molecule has 1 N–H and O–H groups in total. The molecule has 8 heteroatoms. The van der Waals surface area contributed by atoms with Gasteiger partial charge in [0.2, 0.25) is 0 Å². The number of benzene rings is 2. The van der Waals surface area contributed by atoms with Crippen molar-refractivity contribution in [3.63, 3.8) is 0 Å². The van der Waals surface area contributed by atoms with E-state index in [1.807, 2.05) is 13.8 Å². The molecule has 0 fully saturated rings. The number of fused-ring (bicyclic) bond motifs is 1. The van der Waals surface area contributed by atoms with Crippen molar-refractivity contribution < 1.29 is 18.7 Å². The van der Waals surface area contributed by atoms with Crippen LogP contribution in [0.3, 0.4) is 0 Å². The van der Waals surface area contributed by atoms with Crippen LogP contribution in [0.4, 0.5) is 0 Å². The summed E-state index contributed by atoms with van der Waals surface area (Å²) in [6.07, 6.45) is 3.46. The lowest BCUT2D eigenvalue weighted by molar-refractivity contribution is -0.128. The highest BCUT2D eigenvalue weighted by Gasteiger charge is 2.16. The Morgan fingerprint density at radius 2 is 1.94 bits per heavy atom. The summed E-state index contributed by atoms with van der Waals surface area (Å²) >= 11 is 11.9. The van der Waals surface area contributed by atoms with Gasteiger partial charge in [-0.2, -0.15) is 0 Å². The predicted molar refractivity (Wildman–Crippen MR) is 121 cm³/mol. The Kier molecular flexibility index (Phi) is 7.15. The fourth-order valence-electron chi connectivity index (χ4n) is 2.66. The summed E-state index contributed by atoms with van der Waals surface area (Å²) in [6.45, 7) is 3.77. The molecule has 1 heterocycles. The van der Waals surface area contributed by atoms with Gasteiger partial charge in [0.25, 0.3) is 5.91 Å². The Hall–Kier alpha value is -3.09. The van der Waals surface area contributed by atoms with Crippen molar-refractivity contribution >= 4 is 52.1 Å². The number of carbonyl (C=O) groups is 2. The molecule has 0 saturated carbocycles. The highest BCUT2D eigenvalue weighted by Crippen LogP contribution is 2.23. The van der Waals surface area contributed by atoms with Crippen LogP contribution in [0.15, 0.2) is 57.8 Å². The summed E-state index contributed by atoms with van der Waals surface area (Å²) in [5.41, 5.74) is -0.0507. The van der Waals surface area contributed by atoms with E-state index in [1.54, 1.807) is 30.3 Å². The second kappa shape index (κ2) is 9.81. The van der Waals surface area contributed by atoms with Crippen LogP contribution in [0.2, 0.25) is 10.0 Å². The average Bonchev–Trinajstić information content (AvgIpc) is 2.72. The minimum atomic E-state index is -0.769. The summed E-state index contributed by atoms with van der Waals surface area (Å²) in [4.78, 5) is 36.6. The smallest absolute Gasteiger partial charge is 0.349 e. The number of carbonyl (C=O) groups excluding carboxylic acids is 2. The maximum absolute atomic E-state index is 12.3. The number of hydrogen-bond acceptors (Lipinski definition) is 5. The zero-order valence-electron chi connectivity index (χ0n) is 16.8.